The number of hydrogen-bond acceptors (Lipinski definition) is 6. The maximum absolute atomic E-state index is 12.4. The molecular formula is C20H24ClN5O2. The number of ether oxygens (including phenoxy) is 1. The second-order valence-corrected chi connectivity index (χ2v) is 7.46. The van der Waals surface area contributed by atoms with Crippen LogP contribution in [-0.2, 0) is 4.79 Å². The number of hydrogen-bond donors (Lipinski definition) is 0. The number of rotatable bonds is 5. The van der Waals surface area contributed by atoms with Gasteiger partial charge in [-0.25, -0.2) is 4.98 Å². The molecule has 0 saturated carbocycles. The van der Waals surface area contributed by atoms with Gasteiger partial charge in [0.2, 0.25) is 5.95 Å². The molecule has 0 atom stereocenters. The Morgan fingerprint density at radius 3 is 2.39 bits per heavy atom. The molecule has 3 heterocycles. The minimum atomic E-state index is -0.00459. The van der Waals surface area contributed by atoms with Gasteiger partial charge in [-0.1, -0.05) is 11.6 Å². The number of piperazine rings is 1. The van der Waals surface area contributed by atoms with E-state index < -0.39 is 0 Å². The summed E-state index contributed by atoms with van der Waals surface area (Å²) in [6.45, 7) is 4.91. The number of benzene rings is 1. The summed E-state index contributed by atoms with van der Waals surface area (Å²) >= 11 is 5.86. The molecule has 1 aromatic heterocycles. The Kier molecular flexibility index (Phi) is 5.81. The smallest absolute Gasteiger partial charge is 0.260 e. The van der Waals surface area contributed by atoms with Crippen molar-refractivity contribution >= 4 is 29.3 Å². The van der Waals surface area contributed by atoms with Gasteiger partial charge in [0, 0.05) is 50.5 Å². The highest BCUT2D eigenvalue weighted by atomic mass is 35.5. The van der Waals surface area contributed by atoms with Crippen molar-refractivity contribution in [1.82, 2.24) is 14.9 Å². The predicted molar refractivity (Wildman–Crippen MR) is 109 cm³/mol. The summed E-state index contributed by atoms with van der Waals surface area (Å²) in [5.41, 5.74) is 0. The summed E-state index contributed by atoms with van der Waals surface area (Å²) in [5, 5.41) is 0.646. The van der Waals surface area contributed by atoms with Gasteiger partial charge in [0.05, 0.1) is 0 Å². The highest BCUT2D eigenvalue weighted by molar-refractivity contribution is 6.30. The Balaban J connectivity index is 1.28. The minimum Gasteiger partial charge on any atom is -0.484 e. The van der Waals surface area contributed by atoms with Gasteiger partial charge < -0.3 is 19.4 Å². The van der Waals surface area contributed by atoms with E-state index in [2.05, 4.69) is 14.8 Å². The van der Waals surface area contributed by atoms with Crippen LogP contribution in [0.4, 0.5) is 11.8 Å². The molecule has 4 rings (SSSR count). The van der Waals surface area contributed by atoms with Gasteiger partial charge in [0.1, 0.15) is 11.6 Å². The standard InChI is InChI=1S/C20H24ClN5O2/c21-16-3-5-17(6-4-16)28-15-19(27)25-13-11-24(12-14-25)18-7-8-22-20(23-18)26-9-1-2-10-26/h3-8H,1-2,9-15H2. The van der Waals surface area contributed by atoms with Gasteiger partial charge >= 0.3 is 0 Å². The fourth-order valence-electron chi connectivity index (χ4n) is 3.54. The van der Waals surface area contributed by atoms with Crippen LogP contribution < -0.4 is 14.5 Å². The van der Waals surface area contributed by atoms with Crippen LogP contribution in [0.5, 0.6) is 5.75 Å². The highest BCUT2D eigenvalue weighted by Crippen LogP contribution is 2.20. The van der Waals surface area contributed by atoms with Crippen LogP contribution in [0.15, 0.2) is 36.5 Å². The first-order chi connectivity index (χ1) is 13.7. The molecule has 0 aliphatic carbocycles. The first-order valence-electron chi connectivity index (χ1n) is 9.68. The number of amides is 1. The Morgan fingerprint density at radius 2 is 1.68 bits per heavy atom. The number of nitrogens with zero attached hydrogens (tertiary/aromatic N) is 5. The molecule has 2 fully saturated rings. The second kappa shape index (κ2) is 8.65. The SMILES string of the molecule is O=C(COc1ccc(Cl)cc1)N1CCN(c2ccnc(N3CCCC3)n2)CC1. The molecule has 0 spiro atoms. The van der Waals surface area contributed by atoms with Gasteiger partial charge in [-0.2, -0.15) is 4.98 Å². The molecule has 2 saturated heterocycles. The van der Waals surface area contributed by atoms with Gasteiger partial charge in [0.15, 0.2) is 6.61 Å². The van der Waals surface area contributed by atoms with Crippen LogP contribution in [-0.4, -0.2) is 66.7 Å². The predicted octanol–water partition coefficient (Wildman–Crippen LogP) is 2.46. The monoisotopic (exact) mass is 401 g/mol. The molecule has 1 aromatic carbocycles. The van der Waals surface area contributed by atoms with Crippen LogP contribution in [0.25, 0.3) is 0 Å². The summed E-state index contributed by atoms with van der Waals surface area (Å²) in [5.74, 6) is 2.38. The summed E-state index contributed by atoms with van der Waals surface area (Å²) < 4.78 is 5.57. The zero-order chi connectivity index (χ0) is 19.3. The third kappa shape index (κ3) is 4.47. The summed E-state index contributed by atoms with van der Waals surface area (Å²) in [6.07, 6.45) is 4.23. The zero-order valence-electron chi connectivity index (χ0n) is 15.8. The van der Waals surface area contributed by atoms with Crippen molar-refractivity contribution in [2.75, 3.05) is 55.7 Å². The van der Waals surface area contributed by atoms with Gasteiger partial charge in [-0.15, -0.1) is 0 Å². The molecule has 1 amide bonds. The lowest BCUT2D eigenvalue weighted by atomic mass is 10.3. The highest BCUT2D eigenvalue weighted by Gasteiger charge is 2.23. The second-order valence-electron chi connectivity index (χ2n) is 7.02. The van der Waals surface area contributed by atoms with E-state index in [1.807, 2.05) is 17.2 Å². The average Bonchev–Trinajstić information content (AvgIpc) is 3.28. The molecule has 0 N–H and O–H groups in total. The van der Waals surface area contributed by atoms with E-state index in [-0.39, 0.29) is 12.5 Å². The molecule has 0 radical (unpaired) electrons. The van der Waals surface area contributed by atoms with Crippen LogP contribution in [0.2, 0.25) is 5.02 Å². The number of aromatic nitrogens is 2. The van der Waals surface area contributed by atoms with Crippen molar-refractivity contribution in [2.24, 2.45) is 0 Å². The zero-order valence-corrected chi connectivity index (χ0v) is 16.5. The third-order valence-electron chi connectivity index (χ3n) is 5.15. The van der Waals surface area contributed by atoms with Crippen LogP contribution in [0, 0.1) is 0 Å². The Morgan fingerprint density at radius 1 is 0.964 bits per heavy atom. The topological polar surface area (TPSA) is 61.8 Å². The van der Waals surface area contributed by atoms with E-state index in [1.165, 1.54) is 12.8 Å². The lowest BCUT2D eigenvalue weighted by molar-refractivity contribution is -0.133. The largest absolute Gasteiger partial charge is 0.484 e. The molecule has 148 valence electrons. The molecule has 28 heavy (non-hydrogen) atoms. The molecule has 2 aliphatic rings. The van der Waals surface area contributed by atoms with E-state index in [0.717, 1.165) is 37.9 Å². The first-order valence-corrected chi connectivity index (χ1v) is 10.1. The molecular weight excluding hydrogens is 378 g/mol. The fourth-order valence-corrected chi connectivity index (χ4v) is 3.66. The van der Waals surface area contributed by atoms with Crippen molar-refractivity contribution in [2.45, 2.75) is 12.8 Å². The molecule has 0 bridgehead atoms. The normalized spacial score (nSPS) is 17.1. The quantitative estimate of drug-likeness (QED) is 0.767. The van der Waals surface area contributed by atoms with Crippen LogP contribution in [0.3, 0.4) is 0 Å². The lowest BCUT2D eigenvalue weighted by Crippen LogP contribution is -2.50. The van der Waals surface area contributed by atoms with Gasteiger partial charge in [-0.05, 0) is 43.2 Å². The van der Waals surface area contributed by atoms with Crippen molar-refractivity contribution in [1.29, 1.82) is 0 Å². The number of carbonyl (C=O) groups is 1. The van der Waals surface area contributed by atoms with Crippen molar-refractivity contribution in [3.63, 3.8) is 0 Å². The van der Waals surface area contributed by atoms with E-state index in [0.29, 0.717) is 23.9 Å². The molecule has 8 heteroatoms. The van der Waals surface area contributed by atoms with Crippen molar-refractivity contribution in [3.05, 3.63) is 41.6 Å². The Bertz CT molecular complexity index is 802. The Hall–Kier alpha value is -2.54. The number of carbonyl (C=O) groups excluding carboxylic acids is 1. The summed E-state index contributed by atoms with van der Waals surface area (Å²) in [7, 11) is 0. The summed E-state index contributed by atoms with van der Waals surface area (Å²) in [4.78, 5) is 27.9. The maximum Gasteiger partial charge on any atom is 0.260 e. The van der Waals surface area contributed by atoms with Gasteiger partial charge in [0.25, 0.3) is 5.91 Å². The van der Waals surface area contributed by atoms with E-state index in [1.54, 1.807) is 24.3 Å². The maximum atomic E-state index is 12.4. The number of anilines is 2. The molecule has 2 aliphatic heterocycles. The minimum absolute atomic E-state index is 0.00459. The average molecular weight is 402 g/mol. The van der Waals surface area contributed by atoms with Crippen molar-refractivity contribution < 1.29 is 9.53 Å². The third-order valence-corrected chi connectivity index (χ3v) is 5.40. The van der Waals surface area contributed by atoms with E-state index >= 15 is 0 Å². The van der Waals surface area contributed by atoms with E-state index in [9.17, 15) is 4.79 Å². The first kappa shape index (κ1) is 18.8. The molecule has 7 nitrogen and oxygen atoms in total. The van der Waals surface area contributed by atoms with Gasteiger partial charge in [-0.3, -0.25) is 4.79 Å². The fraction of sp³-hybridized carbons (Fsp3) is 0.450. The molecule has 0 unspecified atom stereocenters. The van der Waals surface area contributed by atoms with Crippen LogP contribution in [0.1, 0.15) is 12.8 Å². The molecule has 2 aromatic rings. The Labute approximate surface area is 169 Å². The lowest BCUT2D eigenvalue weighted by Gasteiger charge is -2.35. The van der Waals surface area contributed by atoms with E-state index in [4.69, 9.17) is 21.3 Å². The number of halogens is 1. The van der Waals surface area contributed by atoms with Crippen LogP contribution >= 0.6 is 11.6 Å². The summed E-state index contributed by atoms with van der Waals surface area (Å²) in [6, 6.07) is 8.97. The van der Waals surface area contributed by atoms with Crippen molar-refractivity contribution in [3.8, 4) is 5.75 Å².